The molecule has 0 aliphatic rings. The molecule has 28 nitrogen and oxygen atoms in total. The molecule has 14 aromatic rings. The maximum atomic E-state index is 11.6. The largest absolute Gasteiger partial charge is 1.00 e. The molecule has 0 fully saturated rings. The third kappa shape index (κ3) is 40.2. The average Bonchev–Trinajstić information content (AvgIpc) is 0.825. The molecular weight excluding hydrogens is 2030 g/mol. The van der Waals surface area contributed by atoms with Gasteiger partial charge in [-0.2, -0.15) is 0 Å². The van der Waals surface area contributed by atoms with Crippen LogP contribution in [0.2, 0.25) is 0 Å². The van der Waals surface area contributed by atoms with Gasteiger partial charge in [0.25, 0.3) is 0 Å². The summed E-state index contributed by atoms with van der Waals surface area (Å²) >= 11 is 0. The van der Waals surface area contributed by atoms with Gasteiger partial charge in [0, 0.05) is 24.3 Å². The molecule has 676 valence electrons. The summed E-state index contributed by atoms with van der Waals surface area (Å²) in [5, 5.41) is 93.0. The smallest absolute Gasteiger partial charge is 0.545 e. The Morgan fingerprint density at radius 3 is 0.430 bits per heavy atom. The second-order valence-corrected chi connectivity index (χ2v) is 30.3. The molecule has 36 heteroatoms. The number of ether oxygens (including phenoxy) is 12. The van der Waals surface area contributed by atoms with Crippen LogP contribution in [0.5, 0.6) is 69.0 Å². The monoisotopic (exact) mass is 2110 g/mol. The fraction of sp³-hybridized carbons (Fsp3) is 0.113. The topological polar surface area (TPSA) is 432 Å². The summed E-state index contributed by atoms with van der Waals surface area (Å²) in [6, 6.07) is 78.7. The van der Waals surface area contributed by atoms with Gasteiger partial charge in [-0.25, -0.2) is 0 Å². The Balaban J connectivity index is 0.00000386. The van der Waals surface area contributed by atoms with Gasteiger partial charge in [-0.15, -0.1) is 0 Å². The summed E-state index contributed by atoms with van der Waals surface area (Å²) in [5.41, 5.74) is 8.11. The summed E-state index contributed by atoms with van der Waals surface area (Å²) < 4.78 is 77.4. The summed E-state index contributed by atoms with van der Waals surface area (Å²) in [6.45, 7) is -0.598. The first-order valence-electron chi connectivity index (χ1n) is 41.3. The molecule has 0 bridgehead atoms. The van der Waals surface area contributed by atoms with E-state index in [1.807, 2.05) is 12.2 Å². The first-order chi connectivity index (χ1) is 64.8. The molecule has 0 atom stereocenters. The van der Waals surface area contributed by atoms with E-state index in [4.69, 9.17) is 56.8 Å². The van der Waals surface area contributed by atoms with Crippen molar-refractivity contribution in [3.63, 3.8) is 0 Å². The van der Waals surface area contributed by atoms with Gasteiger partial charge in [0.2, 0.25) is 0 Å². The predicted molar refractivity (Wildman–Crippen MR) is 466 cm³/mol. The third-order valence-electron chi connectivity index (χ3n) is 20.5. The van der Waals surface area contributed by atoms with E-state index in [0.717, 1.165) is 0 Å². The van der Waals surface area contributed by atoms with Crippen LogP contribution in [-0.2, 0) is 79.3 Å². The zero-order valence-electron chi connectivity index (χ0n) is 78.9. The average molecular weight is 2110 g/mol. The van der Waals surface area contributed by atoms with Crippen molar-refractivity contribution in [3.8, 4) is 69.0 Å². The van der Waals surface area contributed by atoms with Gasteiger partial charge in [0.05, 0.1) is 47.8 Å². The van der Waals surface area contributed by atoms with E-state index in [2.05, 4.69) is 0 Å². The number of hydrogen-bond donors (Lipinski definition) is 0. The van der Waals surface area contributed by atoms with Crippen molar-refractivity contribution < 1.29 is 547 Å². The standard InChI is InChI=1S/C106H84O28.8K/c107-99(108)79-21-3-67(4-22-79)53-123-87-39-75(40-88(49-87)124-54-68-5-23-80(24-6-68)100(109)110)61-131-95-37-19-65(47-97(95)133-63-77-43-91(127-57-71-11-29-83(30-12-71)103(115)116)51-92(44-77)128-58-72-13-31-84(32-14-72)104(117)118)1-2-66-20-38-96(132-62-76-41-89(125-55-69-7-25-81(26-8-69)101(111)112)50-90(42-76)126-56-70-9-27-82(28-10-70)102(113)114)98(48-66)134-64-78-45-93(129-59-73-15-33-85(34-16-73)105(119)120)52-94(46-78)130-60-74-17-35-86(36-18-74)106(121)122;;;;;;;;/h1-52H,53-64H2,(H,107,108)(H,109,110)(H,111,112)(H,113,114)(H,115,116)(H,117,118)(H,119,120)(H,121,122);;;;;;;;/q;8*+1/p-8/b2-1-;;;;;;;;. The Kier molecular flexibility index (Phi) is 56.8. The zero-order chi connectivity index (χ0) is 94.0. The molecule has 0 unspecified atom stereocenters. The number of benzene rings is 14. The van der Waals surface area contributed by atoms with Gasteiger partial charge in [-0.3, -0.25) is 0 Å². The van der Waals surface area contributed by atoms with Crippen molar-refractivity contribution in [1.82, 2.24) is 0 Å². The fourth-order valence-corrected chi connectivity index (χ4v) is 13.3. The number of carboxylic acids is 8. The third-order valence-corrected chi connectivity index (χ3v) is 20.5. The normalized spacial score (nSPS) is 10.3. The van der Waals surface area contributed by atoms with Gasteiger partial charge >= 0.3 is 411 Å². The second-order valence-electron chi connectivity index (χ2n) is 30.3. The quantitative estimate of drug-likeness (QED) is 0.0252. The summed E-state index contributed by atoms with van der Waals surface area (Å²) in [4.78, 5) is 93.0. The van der Waals surface area contributed by atoms with E-state index in [-0.39, 0.29) is 558 Å². The molecule has 0 aromatic heterocycles. The van der Waals surface area contributed by atoms with Crippen LogP contribution < -0.4 is 509 Å². The summed E-state index contributed by atoms with van der Waals surface area (Å²) in [7, 11) is 0. The Morgan fingerprint density at radius 1 is 0.155 bits per heavy atom. The van der Waals surface area contributed by atoms with Crippen molar-refractivity contribution in [3.05, 3.63) is 426 Å². The molecular formula is C106H76K8O28. The van der Waals surface area contributed by atoms with Crippen LogP contribution in [0, 0.1) is 0 Å². The van der Waals surface area contributed by atoms with Crippen molar-refractivity contribution in [2.45, 2.75) is 79.3 Å². The fourth-order valence-electron chi connectivity index (χ4n) is 13.3. The molecule has 0 spiro atoms. The Labute approximate surface area is 1160 Å². The van der Waals surface area contributed by atoms with Gasteiger partial charge in [-0.05, 0) is 195 Å². The molecule has 0 N–H and O–H groups in total. The van der Waals surface area contributed by atoms with Crippen LogP contribution >= 0.6 is 0 Å². The van der Waals surface area contributed by atoms with Gasteiger partial charge in [-0.1, -0.05) is 218 Å². The van der Waals surface area contributed by atoms with Gasteiger partial charge < -0.3 is 136 Å². The molecule has 14 rings (SSSR count). The van der Waals surface area contributed by atoms with E-state index >= 15 is 0 Å². The van der Waals surface area contributed by atoms with Crippen molar-refractivity contribution in [2.75, 3.05) is 0 Å². The van der Waals surface area contributed by atoms with Crippen molar-refractivity contribution >= 4 is 59.9 Å². The second kappa shape index (κ2) is 64.1. The Bertz CT molecular complexity index is 5920. The number of aromatic carboxylic acids is 8. The van der Waals surface area contributed by atoms with E-state index in [9.17, 15) is 79.2 Å². The Morgan fingerprint density at radius 2 is 0.289 bits per heavy atom. The minimum atomic E-state index is -1.35. The van der Waals surface area contributed by atoms with E-state index in [0.29, 0.717) is 124 Å². The molecule has 0 saturated carbocycles. The van der Waals surface area contributed by atoms with E-state index in [1.165, 1.54) is 97.1 Å². The molecule has 0 aliphatic carbocycles. The number of hydrogen-bond acceptors (Lipinski definition) is 28. The molecule has 142 heavy (non-hydrogen) atoms. The molecule has 0 radical (unpaired) electrons. The first kappa shape index (κ1) is 126. The SMILES string of the molecule is O=C([O-])c1ccc(COc2cc(COc3ccc(/C=C\c4ccc(OCc5cc(OCc6ccc(C(=O)[O-])cc6)cc(OCc6ccc(C(=O)[O-])cc6)c5)c(OCc5cc(OCc6ccc(C(=O)[O-])cc6)cc(OCc6ccc(C(=O)[O-])cc6)c5)c4)cc3OCc3cc(OCc4ccc(C(=O)[O-])cc4)cc(OCc4ccc(C(=O)[O-])cc4)c3)cc(OCc3ccc(C(=O)[O-])cc3)c2)cc1.[K+].[K+].[K+].[K+].[K+].[K+].[K+].[K+]. The first-order valence-corrected chi connectivity index (χ1v) is 41.3. The van der Waals surface area contributed by atoms with Gasteiger partial charge in [0.1, 0.15) is 125 Å². The molecule has 0 heterocycles. The Hall–Kier alpha value is -4.73. The molecule has 0 amide bonds. The molecule has 14 aromatic carbocycles. The number of carboxylic acid groups (broad SMARTS) is 8. The minimum Gasteiger partial charge on any atom is -0.545 e. The predicted octanol–water partition coefficient (Wildman–Crippen LogP) is -14.3. The molecule has 0 saturated heterocycles. The van der Waals surface area contributed by atoms with Gasteiger partial charge in [0.15, 0.2) is 23.0 Å². The van der Waals surface area contributed by atoms with Crippen LogP contribution in [0.25, 0.3) is 12.2 Å². The van der Waals surface area contributed by atoms with Crippen LogP contribution in [0.1, 0.15) is 161 Å². The summed E-state index contributed by atoms with van der Waals surface area (Å²) in [5.74, 6) is -7.25. The minimum absolute atomic E-state index is 0. The number of carbonyl (C=O) groups excluding carboxylic acids is 8. The number of rotatable bonds is 46. The van der Waals surface area contributed by atoms with Crippen LogP contribution in [0.3, 0.4) is 0 Å². The maximum absolute atomic E-state index is 11.6. The maximum Gasteiger partial charge on any atom is 1.00 e. The summed E-state index contributed by atoms with van der Waals surface area (Å²) in [6.07, 6.45) is 3.62. The van der Waals surface area contributed by atoms with Crippen LogP contribution in [0.4, 0.5) is 0 Å². The zero-order valence-corrected chi connectivity index (χ0v) is 104. The van der Waals surface area contributed by atoms with Crippen molar-refractivity contribution in [1.29, 1.82) is 0 Å². The van der Waals surface area contributed by atoms with Crippen LogP contribution in [0.15, 0.2) is 303 Å². The van der Waals surface area contributed by atoms with E-state index < -0.39 is 47.8 Å². The van der Waals surface area contributed by atoms with E-state index in [1.54, 1.807) is 206 Å². The molecule has 0 aliphatic heterocycles. The van der Waals surface area contributed by atoms with Crippen LogP contribution in [-0.4, -0.2) is 47.8 Å². The number of carbonyl (C=O) groups is 8. The van der Waals surface area contributed by atoms with Crippen molar-refractivity contribution in [2.24, 2.45) is 0 Å².